The van der Waals surface area contributed by atoms with Crippen LogP contribution in [0.1, 0.15) is 34.5 Å². The lowest BCUT2D eigenvalue weighted by Gasteiger charge is -2.31. The molecule has 0 atom stereocenters. The number of nitrogens with one attached hydrogen (secondary N) is 1. The number of aromatic nitrogens is 2. The number of likely N-dealkylation sites (tertiary alicyclic amines) is 1. The molecule has 0 radical (unpaired) electrons. The normalized spacial score (nSPS) is 15.7. The summed E-state index contributed by atoms with van der Waals surface area (Å²) in [6, 6.07) is 15.8. The number of hydrogen-bond acceptors (Lipinski definition) is 3. The maximum atomic E-state index is 12.7. The molecule has 1 saturated heterocycles. The molecule has 0 bridgehead atoms. The summed E-state index contributed by atoms with van der Waals surface area (Å²) in [5, 5.41) is 8.48. The fourth-order valence-electron chi connectivity index (χ4n) is 3.50. The number of benzene rings is 2. The molecule has 27 heavy (non-hydrogen) atoms. The summed E-state index contributed by atoms with van der Waals surface area (Å²) in [6.07, 6.45) is 6.09. The molecule has 3 aromatic rings. The van der Waals surface area contributed by atoms with E-state index in [1.54, 1.807) is 7.11 Å². The molecule has 0 spiro atoms. The number of aromatic amines is 1. The molecular formula is C22H23N3O2. The highest BCUT2D eigenvalue weighted by atomic mass is 16.5. The van der Waals surface area contributed by atoms with Gasteiger partial charge in [-0.05, 0) is 42.7 Å². The second-order valence-electron chi connectivity index (χ2n) is 6.84. The van der Waals surface area contributed by atoms with Gasteiger partial charge in [0.25, 0.3) is 5.91 Å². The van der Waals surface area contributed by atoms with Crippen molar-refractivity contribution in [1.82, 2.24) is 15.1 Å². The van der Waals surface area contributed by atoms with E-state index in [-0.39, 0.29) is 12.0 Å². The van der Waals surface area contributed by atoms with Crippen LogP contribution in [0.2, 0.25) is 0 Å². The average molecular weight is 361 g/mol. The Balaban J connectivity index is 1.44. The van der Waals surface area contributed by atoms with Gasteiger partial charge in [-0.3, -0.25) is 9.89 Å². The van der Waals surface area contributed by atoms with E-state index in [1.165, 1.54) is 0 Å². The number of ether oxygens (including phenoxy) is 1. The van der Waals surface area contributed by atoms with Gasteiger partial charge in [-0.15, -0.1) is 0 Å². The topological polar surface area (TPSA) is 58.2 Å². The van der Waals surface area contributed by atoms with Gasteiger partial charge in [0.1, 0.15) is 0 Å². The molecule has 1 N–H and O–H groups in total. The molecule has 2 aromatic carbocycles. The maximum absolute atomic E-state index is 12.7. The van der Waals surface area contributed by atoms with Gasteiger partial charge in [-0.1, -0.05) is 36.4 Å². The van der Waals surface area contributed by atoms with Crippen molar-refractivity contribution in [3.8, 4) is 0 Å². The van der Waals surface area contributed by atoms with Crippen molar-refractivity contribution in [1.29, 1.82) is 0 Å². The molecule has 1 aliphatic heterocycles. The fraction of sp³-hybridized carbons (Fsp3) is 0.273. The molecule has 0 saturated carbocycles. The van der Waals surface area contributed by atoms with E-state index in [2.05, 4.69) is 10.2 Å². The van der Waals surface area contributed by atoms with Crippen molar-refractivity contribution in [3.05, 3.63) is 65.4 Å². The first-order chi connectivity index (χ1) is 13.2. The van der Waals surface area contributed by atoms with E-state index >= 15 is 0 Å². The van der Waals surface area contributed by atoms with Gasteiger partial charge in [0.05, 0.1) is 17.3 Å². The summed E-state index contributed by atoms with van der Waals surface area (Å²) in [7, 11) is 1.74. The number of carbonyl (C=O) groups excluding carboxylic acids is 1. The van der Waals surface area contributed by atoms with Crippen LogP contribution in [0.5, 0.6) is 0 Å². The number of rotatable bonds is 4. The third kappa shape index (κ3) is 3.78. The second-order valence-corrected chi connectivity index (χ2v) is 6.84. The van der Waals surface area contributed by atoms with Crippen LogP contribution >= 0.6 is 0 Å². The minimum atomic E-state index is 0.0957. The van der Waals surface area contributed by atoms with Crippen LogP contribution in [0.4, 0.5) is 0 Å². The smallest absolute Gasteiger partial charge is 0.253 e. The summed E-state index contributed by atoms with van der Waals surface area (Å²) in [5.74, 6) is 0.0957. The molecule has 1 aliphatic rings. The Labute approximate surface area is 158 Å². The predicted octanol–water partition coefficient (Wildman–Crippen LogP) is 3.98. The van der Waals surface area contributed by atoms with Gasteiger partial charge >= 0.3 is 0 Å². The van der Waals surface area contributed by atoms with E-state index in [0.717, 1.165) is 53.7 Å². The molecule has 5 nitrogen and oxygen atoms in total. The van der Waals surface area contributed by atoms with Crippen LogP contribution in [0.3, 0.4) is 0 Å². The summed E-state index contributed by atoms with van der Waals surface area (Å²) in [5.41, 5.74) is 3.70. The number of para-hydroxylation sites is 1. The quantitative estimate of drug-likeness (QED) is 0.764. The molecule has 4 rings (SSSR count). The van der Waals surface area contributed by atoms with Gasteiger partial charge in [-0.25, -0.2) is 0 Å². The number of amides is 1. The standard InChI is InChI=1S/C22H23N3O2/c1-27-18-12-14-25(15-13-18)22(26)17-9-6-16(7-10-17)8-11-21-19-4-2-3-5-20(19)23-24-21/h2-11,18H,12-15H2,1H3,(H,23,24). The molecule has 5 heteroatoms. The van der Waals surface area contributed by atoms with E-state index in [0.29, 0.717) is 0 Å². The zero-order valence-corrected chi connectivity index (χ0v) is 15.4. The Bertz CT molecular complexity index is 951. The van der Waals surface area contributed by atoms with Crippen LogP contribution in [-0.4, -0.2) is 47.3 Å². The van der Waals surface area contributed by atoms with Crippen LogP contribution < -0.4 is 0 Å². The lowest BCUT2D eigenvalue weighted by molar-refractivity contribution is 0.0351. The number of nitrogens with zero attached hydrogens (tertiary/aromatic N) is 2. The first kappa shape index (κ1) is 17.5. The first-order valence-electron chi connectivity index (χ1n) is 9.28. The lowest BCUT2D eigenvalue weighted by atomic mass is 10.1. The second kappa shape index (κ2) is 7.76. The van der Waals surface area contributed by atoms with Gasteiger partial charge in [0.15, 0.2) is 0 Å². The molecule has 0 unspecified atom stereocenters. The van der Waals surface area contributed by atoms with Crippen LogP contribution in [0, 0.1) is 0 Å². The van der Waals surface area contributed by atoms with E-state index < -0.39 is 0 Å². The van der Waals surface area contributed by atoms with Crippen molar-refractivity contribution in [2.75, 3.05) is 20.2 Å². The molecule has 1 amide bonds. The largest absolute Gasteiger partial charge is 0.381 e. The van der Waals surface area contributed by atoms with Gasteiger partial charge < -0.3 is 9.64 Å². The number of hydrogen-bond donors (Lipinski definition) is 1. The molecule has 0 aliphatic carbocycles. The van der Waals surface area contributed by atoms with E-state index in [9.17, 15) is 4.79 Å². The monoisotopic (exact) mass is 361 g/mol. The highest BCUT2D eigenvalue weighted by Crippen LogP contribution is 2.19. The zero-order chi connectivity index (χ0) is 18.6. The predicted molar refractivity (Wildman–Crippen MR) is 107 cm³/mol. The Morgan fingerprint density at radius 1 is 1.11 bits per heavy atom. The van der Waals surface area contributed by atoms with Crippen molar-refractivity contribution >= 4 is 29.0 Å². The van der Waals surface area contributed by atoms with Crippen LogP contribution in [-0.2, 0) is 4.74 Å². The van der Waals surface area contributed by atoms with Crippen molar-refractivity contribution in [3.63, 3.8) is 0 Å². The minimum Gasteiger partial charge on any atom is -0.381 e. The summed E-state index contributed by atoms with van der Waals surface area (Å²) >= 11 is 0. The SMILES string of the molecule is COC1CCN(C(=O)c2ccc(C=Cc3n[nH]c4ccccc34)cc2)CC1. The van der Waals surface area contributed by atoms with Gasteiger partial charge in [0.2, 0.25) is 0 Å². The number of carbonyl (C=O) groups is 1. The van der Waals surface area contributed by atoms with Crippen LogP contribution in [0.15, 0.2) is 48.5 Å². The first-order valence-corrected chi connectivity index (χ1v) is 9.28. The fourth-order valence-corrected chi connectivity index (χ4v) is 3.50. The third-order valence-electron chi connectivity index (χ3n) is 5.15. The number of methoxy groups -OCH3 is 1. The summed E-state index contributed by atoms with van der Waals surface area (Å²) in [6.45, 7) is 1.51. The van der Waals surface area contributed by atoms with E-state index in [1.807, 2.05) is 65.6 Å². The molecular weight excluding hydrogens is 338 g/mol. The van der Waals surface area contributed by atoms with Crippen molar-refractivity contribution < 1.29 is 9.53 Å². The lowest BCUT2D eigenvalue weighted by Crippen LogP contribution is -2.40. The summed E-state index contributed by atoms with van der Waals surface area (Å²) in [4.78, 5) is 14.6. The van der Waals surface area contributed by atoms with Crippen molar-refractivity contribution in [2.45, 2.75) is 18.9 Å². The molecule has 1 aromatic heterocycles. The Kier molecular flexibility index (Phi) is 5.03. The van der Waals surface area contributed by atoms with E-state index in [4.69, 9.17) is 4.74 Å². The molecule has 1 fully saturated rings. The number of piperidine rings is 1. The zero-order valence-electron chi connectivity index (χ0n) is 15.4. The van der Waals surface area contributed by atoms with Gasteiger partial charge in [0, 0.05) is 31.1 Å². The third-order valence-corrected chi connectivity index (χ3v) is 5.15. The Hall–Kier alpha value is -2.92. The van der Waals surface area contributed by atoms with Crippen LogP contribution in [0.25, 0.3) is 23.1 Å². The van der Waals surface area contributed by atoms with Crippen molar-refractivity contribution in [2.24, 2.45) is 0 Å². The highest BCUT2D eigenvalue weighted by molar-refractivity contribution is 5.95. The number of H-pyrrole nitrogens is 1. The summed E-state index contributed by atoms with van der Waals surface area (Å²) < 4.78 is 5.37. The Morgan fingerprint density at radius 3 is 2.59 bits per heavy atom. The maximum Gasteiger partial charge on any atom is 0.253 e. The molecule has 138 valence electrons. The average Bonchev–Trinajstić information content (AvgIpc) is 3.15. The number of fused-ring (bicyclic) bond motifs is 1. The Morgan fingerprint density at radius 2 is 1.85 bits per heavy atom. The highest BCUT2D eigenvalue weighted by Gasteiger charge is 2.23. The molecule has 2 heterocycles. The van der Waals surface area contributed by atoms with Gasteiger partial charge in [-0.2, -0.15) is 5.10 Å². The minimum absolute atomic E-state index is 0.0957.